The van der Waals surface area contributed by atoms with Gasteiger partial charge < -0.3 is 15.4 Å². The highest BCUT2D eigenvalue weighted by molar-refractivity contribution is 7.80. The summed E-state index contributed by atoms with van der Waals surface area (Å²) in [4.78, 5) is 14.2. The molecule has 0 radical (unpaired) electrons. The van der Waals surface area contributed by atoms with E-state index < -0.39 is 5.82 Å². The third-order valence-electron chi connectivity index (χ3n) is 3.24. The minimum absolute atomic E-state index is 0.115. The number of thiocarbonyl (C=S) groups is 1. The Labute approximate surface area is 116 Å². The molecule has 6 heteroatoms. The minimum Gasteiger partial charge on any atom is -0.494 e. The van der Waals surface area contributed by atoms with Crippen molar-refractivity contribution in [2.24, 2.45) is 5.73 Å². The molecule has 1 unspecified atom stereocenters. The second-order valence-corrected chi connectivity index (χ2v) is 4.88. The minimum atomic E-state index is -0.556. The van der Waals surface area contributed by atoms with E-state index in [1.54, 1.807) is 11.0 Å². The fourth-order valence-electron chi connectivity index (χ4n) is 2.27. The van der Waals surface area contributed by atoms with E-state index in [0.29, 0.717) is 11.5 Å². The summed E-state index contributed by atoms with van der Waals surface area (Å²) in [7, 11) is 1.38. The van der Waals surface area contributed by atoms with E-state index in [1.807, 2.05) is 0 Å². The van der Waals surface area contributed by atoms with Crippen LogP contribution in [0.25, 0.3) is 0 Å². The van der Waals surface area contributed by atoms with Gasteiger partial charge in [0, 0.05) is 12.1 Å². The molecule has 1 atom stereocenters. The van der Waals surface area contributed by atoms with Crippen molar-refractivity contribution in [3.8, 4) is 5.75 Å². The van der Waals surface area contributed by atoms with Crippen LogP contribution in [0.1, 0.15) is 23.2 Å². The smallest absolute Gasteiger partial charge is 0.254 e. The number of likely N-dealkylation sites (tertiary alicyclic amines) is 1. The Morgan fingerprint density at radius 3 is 2.89 bits per heavy atom. The third-order valence-corrected chi connectivity index (χ3v) is 3.51. The molecule has 1 amide bonds. The first-order valence-corrected chi connectivity index (χ1v) is 6.39. The molecule has 0 aromatic heterocycles. The number of nitrogens with zero attached hydrogens (tertiary/aromatic N) is 1. The first kappa shape index (κ1) is 13.7. The first-order chi connectivity index (χ1) is 9.04. The van der Waals surface area contributed by atoms with Crippen molar-refractivity contribution in [1.82, 2.24) is 4.90 Å². The number of hydrogen-bond donors (Lipinski definition) is 1. The highest BCUT2D eigenvalue weighted by Gasteiger charge is 2.31. The highest BCUT2D eigenvalue weighted by Crippen LogP contribution is 2.23. The van der Waals surface area contributed by atoms with Crippen LogP contribution in [0.15, 0.2) is 18.2 Å². The lowest BCUT2D eigenvalue weighted by molar-refractivity contribution is 0.0770. The molecule has 1 heterocycles. The number of hydrogen-bond acceptors (Lipinski definition) is 3. The Morgan fingerprint density at radius 1 is 1.58 bits per heavy atom. The van der Waals surface area contributed by atoms with Gasteiger partial charge in [-0.05, 0) is 31.0 Å². The van der Waals surface area contributed by atoms with Crippen LogP contribution in [-0.2, 0) is 0 Å². The molecule has 0 aliphatic carbocycles. The number of carbonyl (C=O) groups is 1. The van der Waals surface area contributed by atoms with Gasteiger partial charge in [-0.15, -0.1) is 0 Å². The fourth-order valence-corrected chi connectivity index (χ4v) is 2.52. The normalized spacial score (nSPS) is 18.4. The van der Waals surface area contributed by atoms with E-state index >= 15 is 0 Å². The lowest BCUT2D eigenvalue weighted by Gasteiger charge is -2.23. The molecule has 19 heavy (non-hydrogen) atoms. The molecule has 2 N–H and O–H groups in total. The molecule has 1 aliphatic rings. The molecule has 102 valence electrons. The molecule has 1 aliphatic heterocycles. The summed E-state index contributed by atoms with van der Waals surface area (Å²) in [5, 5.41) is 0. The topological polar surface area (TPSA) is 55.6 Å². The number of ether oxygens (including phenoxy) is 1. The van der Waals surface area contributed by atoms with Gasteiger partial charge in [0.15, 0.2) is 11.6 Å². The van der Waals surface area contributed by atoms with E-state index in [4.69, 9.17) is 22.7 Å². The Hall–Kier alpha value is -1.69. The second kappa shape index (κ2) is 5.52. The third kappa shape index (κ3) is 2.68. The van der Waals surface area contributed by atoms with Crippen molar-refractivity contribution in [2.45, 2.75) is 18.9 Å². The van der Waals surface area contributed by atoms with Gasteiger partial charge in [0.05, 0.1) is 18.1 Å². The monoisotopic (exact) mass is 282 g/mol. The van der Waals surface area contributed by atoms with Gasteiger partial charge in [-0.1, -0.05) is 12.2 Å². The van der Waals surface area contributed by atoms with E-state index in [0.717, 1.165) is 12.8 Å². The summed E-state index contributed by atoms with van der Waals surface area (Å²) in [6.45, 7) is 0.592. The molecule has 1 aromatic rings. The van der Waals surface area contributed by atoms with Gasteiger partial charge in [-0.3, -0.25) is 4.79 Å². The maximum Gasteiger partial charge on any atom is 0.254 e. The number of rotatable bonds is 3. The van der Waals surface area contributed by atoms with Crippen molar-refractivity contribution in [3.05, 3.63) is 29.6 Å². The average molecular weight is 282 g/mol. The highest BCUT2D eigenvalue weighted by atomic mass is 32.1. The summed E-state index contributed by atoms with van der Waals surface area (Å²) in [6.07, 6.45) is 1.62. The van der Waals surface area contributed by atoms with Crippen LogP contribution < -0.4 is 10.5 Å². The van der Waals surface area contributed by atoms with Crippen LogP contribution >= 0.6 is 12.2 Å². The van der Waals surface area contributed by atoms with Crippen molar-refractivity contribution >= 4 is 23.1 Å². The molecule has 1 saturated heterocycles. The van der Waals surface area contributed by atoms with Crippen LogP contribution in [-0.4, -0.2) is 35.5 Å². The molecular weight excluding hydrogens is 267 g/mol. The van der Waals surface area contributed by atoms with Crippen LogP contribution in [0.5, 0.6) is 5.75 Å². The first-order valence-electron chi connectivity index (χ1n) is 5.98. The predicted molar refractivity (Wildman–Crippen MR) is 73.8 cm³/mol. The largest absolute Gasteiger partial charge is 0.494 e. The Balaban J connectivity index is 2.24. The molecule has 4 nitrogen and oxygen atoms in total. The lowest BCUT2D eigenvalue weighted by Crippen LogP contribution is -2.42. The summed E-state index contributed by atoms with van der Waals surface area (Å²) in [5.41, 5.74) is 5.90. The van der Waals surface area contributed by atoms with Gasteiger partial charge in [0.2, 0.25) is 0 Å². The molecule has 1 aromatic carbocycles. The SMILES string of the molecule is COc1ccc(C(=O)N2CCCC2C(N)=S)cc1F. The van der Waals surface area contributed by atoms with Gasteiger partial charge in [-0.2, -0.15) is 0 Å². The molecule has 1 fully saturated rings. The maximum atomic E-state index is 13.6. The summed E-state index contributed by atoms with van der Waals surface area (Å²) in [5.74, 6) is -0.694. The Bertz CT molecular complexity index is 521. The predicted octanol–water partition coefficient (Wildman–Crippen LogP) is 1.73. The quantitative estimate of drug-likeness (QED) is 0.858. The van der Waals surface area contributed by atoms with Crippen molar-refractivity contribution < 1.29 is 13.9 Å². The van der Waals surface area contributed by atoms with Gasteiger partial charge in [0.25, 0.3) is 5.91 Å². The van der Waals surface area contributed by atoms with Crippen molar-refractivity contribution in [3.63, 3.8) is 0 Å². The van der Waals surface area contributed by atoms with Crippen LogP contribution in [0.3, 0.4) is 0 Å². The number of methoxy groups -OCH3 is 1. The lowest BCUT2D eigenvalue weighted by atomic mass is 10.1. The van der Waals surface area contributed by atoms with Gasteiger partial charge in [0.1, 0.15) is 0 Å². The maximum absolute atomic E-state index is 13.6. The van der Waals surface area contributed by atoms with E-state index in [-0.39, 0.29) is 23.3 Å². The number of amides is 1. The summed E-state index contributed by atoms with van der Waals surface area (Å²) in [6, 6.07) is 3.93. The average Bonchev–Trinajstić information content (AvgIpc) is 2.87. The van der Waals surface area contributed by atoms with Crippen LogP contribution in [0.2, 0.25) is 0 Å². The van der Waals surface area contributed by atoms with Gasteiger partial charge in [-0.25, -0.2) is 4.39 Å². The molecule has 2 rings (SSSR count). The Morgan fingerprint density at radius 2 is 2.32 bits per heavy atom. The zero-order valence-corrected chi connectivity index (χ0v) is 11.4. The molecule has 0 saturated carbocycles. The van der Waals surface area contributed by atoms with Crippen LogP contribution in [0, 0.1) is 5.82 Å². The molecular formula is C13H15FN2O2S. The van der Waals surface area contributed by atoms with Gasteiger partial charge >= 0.3 is 0 Å². The second-order valence-electron chi connectivity index (χ2n) is 4.41. The van der Waals surface area contributed by atoms with Crippen molar-refractivity contribution in [1.29, 1.82) is 0 Å². The van der Waals surface area contributed by atoms with Crippen molar-refractivity contribution in [2.75, 3.05) is 13.7 Å². The van der Waals surface area contributed by atoms with E-state index in [1.165, 1.54) is 19.2 Å². The molecule has 0 bridgehead atoms. The number of halogens is 1. The zero-order valence-electron chi connectivity index (χ0n) is 10.6. The van der Waals surface area contributed by atoms with E-state index in [2.05, 4.69) is 0 Å². The number of carbonyl (C=O) groups excluding carboxylic acids is 1. The fraction of sp³-hybridized carbons (Fsp3) is 0.385. The zero-order chi connectivity index (χ0) is 14.0. The Kier molecular flexibility index (Phi) is 3.99. The number of benzene rings is 1. The van der Waals surface area contributed by atoms with E-state index in [9.17, 15) is 9.18 Å². The molecule has 0 spiro atoms. The van der Waals surface area contributed by atoms with Crippen LogP contribution in [0.4, 0.5) is 4.39 Å². The summed E-state index contributed by atoms with van der Waals surface area (Å²) < 4.78 is 18.4. The summed E-state index contributed by atoms with van der Waals surface area (Å²) >= 11 is 4.96. The number of nitrogens with two attached hydrogens (primary N) is 1. The standard InChI is InChI=1S/C13H15FN2O2S/c1-18-11-5-4-8(7-9(11)14)13(17)16-6-2-3-10(16)12(15)19/h4-5,7,10H,2-3,6H2,1H3,(H2,15,19).